The first kappa shape index (κ1) is 80.4. The molecule has 0 atom stereocenters. The number of nitrogens with two attached hydrogens (primary N) is 3. The van der Waals surface area contributed by atoms with Crippen LogP contribution < -0.4 is 55.7 Å². The van der Waals surface area contributed by atoms with Gasteiger partial charge in [0.1, 0.15) is 37.1 Å². The molecule has 0 unspecified atom stereocenters. The molecule has 0 bridgehead atoms. The molecule has 3 heterocycles. The largest absolute Gasteiger partial charge is 1.00 e. The SMILES string of the molecule is CCOC(=O)Cc1ccccc1OCc1cc(-c2cccc(CN)c2)c2cnn(C)c2c1.CCOC(=O)Cc1ccccc1OCc1cc(Br)c2cnn(C)c2c1.Cl.Cn1ncc2c(-c3cccc(CN)c3)cc(COc3ccccc3CC(=O)O)cc21.NCc1cccc(B(O)O)c1.[Li+].[OH-]. The van der Waals surface area contributed by atoms with E-state index in [1.807, 2.05) is 151 Å². The average molecular weight is 1450 g/mol. The molecule has 12 rings (SSSR count). The number of nitrogens with zero attached hydrogens (tertiary/aromatic N) is 6. The number of hydrogen-bond acceptors (Lipinski definition) is 17. The van der Waals surface area contributed by atoms with Crippen LogP contribution in [-0.4, -0.2) is 88.2 Å². The molecule has 0 saturated heterocycles. The van der Waals surface area contributed by atoms with E-state index in [0.717, 1.165) is 104 Å². The van der Waals surface area contributed by atoms with E-state index in [1.165, 1.54) is 0 Å². The Morgan fingerprint density at radius 2 is 0.822 bits per heavy atom. The number of benzene rings is 9. The molecule has 9 aromatic carbocycles. The van der Waals surface area contributed by atoms with Gasteiger partial charge in [0.15, 0.2) is 0 Å². The summed E-state index contributed by atoms with van der Waals surface area (Å²) in [7, 11) is 4.35. The number of carbonyl (C=O) groups is 3. The molecule has 0 fully saturated rings. The number of aromatic nitrogens is 6. The van der Waals surface area contributed by atoms with Crippen molar-refractivity contribution in [3.63, 3.8) is 0 Å². The molecule has 0 amide bonds. The summed E-state index contributed by atoms with van der Waals surface area (Å²) in [5.74, 6) is 0.551. The van der Waals surface area contributed by atoms with E-state index >= 15 is 0 Å². The summed E-state index contributed by atoms with van der Waals surface area (Å²) in [5, 5.41) is 43.0. The first-order valence-corrected chi connectivity index (χ1v) is 32.6. The number of hydrogen-bond donors (Lipinski definition) is 6. The molecule has 0 spiro atoms. The fourth-order valence-electron chi connectivity index (χ4n) is 11.0. The fraction of sp³-hybridized carbons (Fsp3) is 0.211. The minimum absolute atomic E-state index is 0. The number of ether oxygens (including phenoxy) is 5. The van der Waals surface area contributed by atoms with Gasteiger partial charge in [0.25, 0.3) is 0 Å². The van der Waals surface area contributed by atoms with Crippen molar-refractivity contribution in [3.05, 3.63) is 255 Å². The van der Waals surface area contributed by atoms with E-state index in [1.54, 1.807) is 44.2 Å². The molecule has 101 heavy (non-hydrogen) atoms. The predicted molar refractivity (Wildman–Crippen MR) is 394 cm³/mol. The van der Waals surface area contributed by atoms with Gasteiger partial charge < -0.3 is 61.5 Å². The molecule has 10 N–H and O–H groups in total. The number of para-hydroxylation sites is 3. The van der Waals surface area contributed by atoms with Gasteiger partial charge in [-0.1, -0.05) is 131 Å². The van der Waals surface area contributed by atoms with Crippen molar-refractivity contribution in [2.24, 2.45) is 38.3 Å². The van der Waals surface area contributed by atoms with Crippen LogP contribution in [0.4, 0.5) is 0 Å². The molecular weight excluding hydrogens is 1360 g/mol. The molecule has 21 nitrogen and oxygen atoms in total. The molecule has 3 aromatic heterocycles. The standard InChI is InChI=1S/C26H27N3O3.C24H23N3O3.C19H19BrN2O3.C7H10BNO2.ClH.Li.H2O/c1-3-31-26(30)14-21-8-4-5-10-25(21)32-17-19-12-22(20-9-6-7-18(11-20)15-27)23-16-28-29(2)24(23)13-19;1-27-22-11-17(15-30-23-8-3-2-6-19(23)12-24(28)29)10-20(21(22)14-26-27)18-7-4-5-16(9-18)13-25;1-3-24-19(23)10-14-6-4-5-7-18(14)25-12-13-8-16(20)15-11-21-22(2)17(15)9-13;9-5-6-2-1-3-7(4-6)8(10)11;;;/h4-13,16H,3,14-15,17,27H2,1-2H3;2-11,14H,12-13,15,25H2,1H3,(H,28,29);4-9,11H,3,10,12H2,1-2H3;1-4,10-11H,5,9H2;1H;;1H2/q;;;;;+1;/p-1. The smallest absolute Gasteiger partial charge is 0.870 e. The summed E-state index contributed by atoms with van der Waals surface area (Å²) in [6.45, 7) is 6.81. The monoisotopic (exact) mass is 1440 g/mol. The van der Waals surface area contributed by atoms with Crippen molar-refractivity contribution in [2.75, 3.05) is 13.2 Å². The number of carboxylic acids is 1. The number of carboxylic acid groups (broad SMARTS) is 1. The van der Waals surface area contributed by atoms with E-state index in [0.29, 0.717) is 80.9 Å². The van der Waals surface area contributed by atoms with Crippen molar-refractivity contribution in [3.8, 4) is 39.5 Å². The van der Waals surface area contributed by atoms with Gasteiger partial charge in [0.2, 0.25) is 0 Å². The van der Waals surface area contributed by atoms with Crippen molar-refractivity contribution >= 4 is 91.5 Å². The van der Waals surface area contributed by atoms with Crippen LogP contribution in [0.15, 0.2) is 205 Å². The van der Waals surface area contributed by atoms with Crippen molar-refractivity contribution in [2.45, 2.75) is 72.6 Å². The Bertz CT molecular complexity index is 4720. The van der Waals surface area contributed by atoms with Gasteiger partial charge in [-0.3, -0.25) is 28.4 Å². The minimum atomic E-state index is -1.40. The Hall–Kier alpha value is -9.61. The van der Waals surface area contributed by atoms with Gasteiger partial charge in [-0.15, -0.1) is 12.4 Å². The molecule has 0 aliphatic rings. The molecule has 0 radical (unpaired) electrons. The van der Waals surface area contributed by atoms with Gasteiger partial charge in [-0.05, 0) is 142 Å². The second-order valence-corrected chi connectivity index (χ2v) is 23.7. The fourth-order valence-corrected chi connectivity index (χ4v) is 11.6. The summed E-state index contributed by atoms with van der Waals surface area (Å²) in [4.78, 5) is 34.8. The average Bonchev–Trinajstić information content (AvgIpc) is 1.71. The molecule has 0 saturated carbocycles. The van der Waals surface area contributed by atoms with Gasteiger partial charge in [0.05, 0.1) is 67.6 Å². The molecule has 520 valence electrons. The Morgan fingerprint density at radius 1 is 0.465 bits per heavy atom. The van der Waals surface area contributed by atoms with Crippen LogP contribution in [0.2, 0.25) is 0 Å². The normalized spacial score (nSPS) is 10.5. The predicted octanol–water partition coefficient (Wildman–Crippen LogP) is 8.38. The maximum atomic E-state index is 12.0. The summed E-state index contributed by atoms with van der Waals surface area (Å²) in [6, 6.07) is 58.1. The van der Waals surface area contributed by atoms with E-state index in [-0.39, 0.29) is 67.9 Å². The van der Waals surface area contributed by atoms with Gasteiger partial charge in [-0.2, -0.15) is 15.3 Å². The van der Waals surface area contributed by atoms with Crippen LogP contribution in [0.25, 0.3) is 55.0 Å². The minimum Gasteiger partial charge on any atom is -0.870 e. The van der Waals surface area contributed by atoms with Crippen LogP contribution in [-0.2, 0) is 104 Å². The van der Waals surface area contributed by atoms with Crippen molar-refractivity contribution in [1.29, 1.82) is 0 Å². The third-order valence-electron chi connectivity index (χ3n) is 15.9. The third kappa shape index (κ3) is 21.9. The van der Waals surface area contributed by atoms with E-state index in [2.05, 4.69) is 85.8 Å². The molecule has 0 aliphatic heterocycles. The zero-order valence-electron chi connectivity index (χ0n) is 57.2. The second kappa shape index (κ2) is 39.4. The number of halogens is 2. The number of aryl methyl sites for hydroxylation is 3. The van der Waals surface area contributed by atoms with E-state index < -0.39 is 13.1 Å². The summed E-state index contributed by atoms with van der Waals surface area (Å²) in [5.41, 5.74) is 33.2. The summed E-state index contributed by atoms with van der Waals surface area (Å²) >= 11 is 3.58. The number of esters is 2. The van der Waals surface area contributed by atoms with Crippen LogP contribution in [0.5, 0.6) is 17.2 Å². The molecular formula is C76H81BBrClLiN9O12. The number of carbonyl (C=O) groups excluding carboxylic acids is 2. The van der Waals surface area contributed by atoms with Crippen LogP contribution in [0.3, 0.4) is 0 Å². The maximum Gasteiger partial charge on any atom is 1.00 e. The van der Waals surface area contributed by atoms with Gasteiger partial charge in [0, 0.05) is 78.1 Å². The number of rotatable bonds is 23. The first-order chi connectivity index (χ1) is 47.4. The number of aliphatic carboxylic acids is 1. The Morgan fingerprint density at radius 3 is 1.21 bits per heavy atom. The zero-order valence-corrected chi connectivity index (χ0v) is 59.6. The first-order valence-electron chi connectivity index (χ1n) is 31.8. The zero-order chi connectivity index (χ0) is 69.7. The van der Waals surface area contributed by atoms with E-state index in [4.69, 9.17) is 56.0 Å². The maximum absolute atomic E-state index is 12.0. The van der Waals surface area contributed by atoms with E-state index in [9.17, 15) is 14.4 Å². The third-order valence-corrected chi connectivity index (χ3v) is 16.5. The van der Waals surface area contributed by atoms with Crippen molar-refractivity contribution < 1.29 is 77.6 Å². The molecule has 12 aromatic rings. The topological polar surface area (TPSA) is 320 Å². The van der Waals surface area contributed by atoms with Crippen LogP contribution >= 0.6 is 28.3 Å². The molecule has 0 aliphatic carbocycles. The Balaban J connectivity index is 0.000000219. The van der Waals surface area contributed by atoms with Crippen LogP contribution in [0.1, 0.15) is 63.9 Å². The molecule has 25 heteroatoms. The Kier molecular flexibility index (Phi) is 31.4. The summed E-state index contributed by atoms with van der Waals surface area (Å²) < 4.78 is 34.8. The number of fused-ring (bicyclic) bond motifs is 3. The van der Waals surface area contributed by atoms with Gasteiger partial charge in [-0.25, -0.2) is 0 Å². The second-order valence-electron chi connectivity index (χ2n) is 22.8. The Labute approximate surface area is 613 Å². The van der Waals surface area contributed by atoms with Crippen LogP contribution in [0, 0.1) is 0 Å². The van der Waals surface area contributed by atoms with Gasteiger partial charge >= 0.3 is 43.9 Å². The quantitative estimate of drug-likeness (QED) is 0.0259. The summed E-state index contributed by atoms with van der Waals surface area (Å²) in [6.07, 6.45) is 5.90. The van der Waals surface area contributed by atoms with Crippen molar-refractivity contribution in [1.82, 2.24) is 29.3 Å².